The van der Waals surface area contributed by atoms with Crippen molar-refractivity contribution in [2.24, 2.45) is 0 Å². The van der Waals surface area contributed by atoms with E-state index >= 15 is 0 Å². The van der Waals surface area contributed by atoms with Gasteiger partial charge in [0.15, 0.2) is 0 Å². The second kappa shape index (κ2) is 8.59. The predicted octanol–water partition coefficient (Wildman–Crippen LogP) is 3.84. The summed E-state index contributed by atoms with van der Waals surface area (Å²) in [6, 6.07) is 6.61. The van der Waals surface area contributed by atoms with Gasteiger partial charge in [-0.25, -0.2) is 0 Å². The Morgan fingerprint density at radius 2 is 1.83 bits per heavy atom. The molecule has 0 fully saturated rings. The number of amides is 1. The molecule has 5 heteroatoms. The first-order valence-electron chi connectivity index (χ1n) is 7.67. The van der Waals surface area contributed by atoms with Crippen LogP contribution in [0.1, 0.15) is 49.9 Å². The van der Waals surface area contributed by atoms with Crippen molar-refractivity contribution in [3.05, 3.63) is 34.9 Å². The molecule has 1 N–H and O–H groups in total. The van der Waals surface area contributed by atoms with Crippen LogP contribution in [0.3, 0.4) is 0 Å². The largest absolute Gasteiger partial charge is 0.481 e. The molecule has 4 nitrogen and oxygen atoms in total. The Balaban J connectivity index is 3.11. The van der Waals surface area contributed by atoms with E-state index in [1.807, 2.05) is 13.8 Å². The van der Waals surface area contributed by atoms with E-state index in [-0.39, 0.29) is 12.3 Å². The highest BCUT2D eigenvalue weighted by Crippen LogP contribution is 2.26. The Hall–Kier alpha value is -1.99. The number of terminal acetylenes is 1. The van der Waals surface area contributed by atoms with E-state index < -0.39 is 11.5 Å². The zero-order valence-corrected chi connectivity index (χ0v) is 14.3. The number of rotatable bonds is 8. The van der Waals surface area contributed by atoms with Gasteiger partial charge >= 0.3 is 5.97 Å². The van der Waals surface area contributed by atoms with Crippen LogP contribution in [0.15, 0.2) is 24.3 Å². The fraction of sp³-hybridized carbons (Fsp3) is 0.444. The normalized spacial score (nSPS) is 10.9. The zero-order chi connectivity index (χ0) is 17.5. The SMILES string of the molecule is C#CC(CC)(CC)N(CCCC(=O)O)C(=O)c1ccc(Cl)cc1. The maximum Gasteiger partial charge on any atom is 0.303 e. The molecule has 23 heavy (non-hydrogen) atoms. The number of carboxylic acid groups (broad SMARTS) is 1. The molecule has 0 saturated carbocycles. The molecule has 0 unspecified atom stereocenters. The van der Waals surface area contributed by atoms with Crippen molar-refractivity contribution in [3.8, 4) is 12.3 Å². The maximum atomic E-state index is 12.9. The van der Waals surface area contributed by atoms with Gasteiger partial charge in [-0.2, -0.15) is 0 Å². The molecule has 1 aromatic rings. The summed E-state index contributed by atoms with van der Waals surface area (Å²) in [5.41, 5.74) is -0.221. The van der Waals surface area contributed by atoms with Gasteiger partial charge in [-0.1, -0.05) is 31.4 Å². The summed E-state index contributed by atoms with van der Waals surface area (Å²) in [7, 11) is 0. The molecular formula is C18H22ClNO3. The third kappa shape index (κ3) is 4.74. The summed E-state index contributed by atoms with van der Waals surface area (Å²) < 4.78 is 0. The summed E-state index contributed by atoms with van der Waals surface area (Å²) in [5, 5.41) is 9.38. The van der Waals surface area contributed by atoms with E-state index in [0.717, 1.165) is 0 Å². The van der Waals surface area contributed by atoms with Crippen LogP contribution in [0.4, 0.5) is 0 Å². The fourth-order valence-corrected chi connectivity index (χ4v) is 2.69. The van der Waals surface area contributed by atoms with Crippen LogP contribution in [-0.4, -0.2) is 34.0 Å². The number of halogens is 1. The van der Waals surface area contributed by atoms with Crippen molar-refractivity contribution >= 4 is 23.5 Å². The van der Waals surface area contributed by atoms with Gasteiger partial charge < -0.3 is 10.0 Å². The predicted molar refractivity (Wildman–Crippen MR) is 91.5 cm³/mol. The highest BCUT2D eigenvalue weighted by Gasteiger charge is 2.35. The Bertz CT molecular complexity index is 585. The quantitative estimate of drug-likeness (QED) is 0.734. The number of carbonyl (C=O) groups is 2. The second-order valence-corrected chi connectivity index (χ2v) is 5.78. The van der Waals surface area contributed by atoms with Crippen LogP contribution in [-0.2, 0) is 4.79 Å². The number of aliphatic carboxylic acids is 1. The molecule has 0 saturated heterocycles. The van der Waals surface area contributed by atoms with E-state index in [2.05, 4.69) is 5.92 Å². The van der Waals surface area contributed by atoms with E-state index in [9.17, 15) is 9.59 Å². The number of hydrogen-bond acceptors (Lipinski definition) is 2. The lowest BCUT2D eigenvalue weighted by Crippen LogP contribution is -2.50. The molecule has 0 aliphatic carbocycles. The molecule has 1 aromatic carbocycles. The minimum atomic E-state index is -0.886. The Kier molecular flexibility index (Phi) is 7.12. The average molecular weight is 336 g/mol. The molecule has 0 radical (unpaired) electrons. The van der Waals surface area contributed by atoms with Gasteiger partial charge in [-0.3, -0.25) is 9.59 Å². The molecule has 0 aromatic heterocycles. The van der Waals surface area contributed by atoms with Crippen molar-refractivity contribution < 1.29 is 14.7 Å². The third-order valence-electron chi connectivity index (χ3n) is 4.06. The Morgan fingerprint density at radius 3 is 2.26 bits per heavy atom. The molecule has 0 spiro atoms. The average Bonchev–Trinajstić information content (AvgIpc) is 2.55. The number of benzene rings is 1. The number of carboxylic acids is 1. The highest BCUT2D eigenvalue weighted by atomic mass is 35.5. The molecule has 1 amide bonds. The Labute approximate surface area is 142 Å². The van der Waals surface area contributed by atoms with Crippen LogP contribution < -0.4 is 0 Å². The first kappa shape index (κ1) is 19.1. The van der Waals surface area contributed by atoms with Gasteiger partial charge in [-0.05, 0) is 43.5 Å². The fourth-order valence-electron chi connectivity index (χ4n) is 2.56. The van der Waals surface area contributed by atoms with Crippen molar-refractivity contribution in [2.75, 3.05) is 6.54 Å². The van der Waals surface area contributed by atoms with E-state index in [0.29, 0.717) is 36.4 Å². The van der Waals surface area contributed by atoms with Crippen molar-refractivity contribution in [1.29, 1.82) is 0 Å². The number of nitrogens with zero attached hydrogens (tertiary/aromatic N) is 1. The van der Waals surface area contributed by atoms with Gasteiger partial charge in [0.2, 0.25) is 0 Å². The first-order valence-corrected chi connectivity index (χ1v) is 8.05. The summed E-state index contributed by atoms with van der Waals surface area (Å²) in [6.07, 6.45) is 7.28. The van der Waals surface area contributed by atoms with Gasteiger partial charge in [0.05, 0.1) is 0 Å². The van der Waals surface area contributed by atoms with Crippen molar-refractivity contribution in [1.82, 2.24) is 4.90 Å². The van der Waals surface area contributed by atoms with Gasteiger partial charge in [0.25, 0.3) is 5.91 Å². The minimum absolute atomic E-state index is 0.00151. The lowest BCUT2D eigenvalue weighted by molar-refractivity contribution is -0.137. The van der Waals surface area contributed by atoms with Gasteiger partial charge in [0.1, 0.15) is 5.54 Å². The molecule has 1 rings (SSSR count). The molecule has 124 valence electrons. The van der Waals surface area contributed by atoms with E-state index in [1.54, 1.807) is 29.2 Å². The second-order valence-electron chi connectivity index (χ2n) is 5.34. The number of hydrogen-bond donors (Lipinski definition) is 1. The molecule has 0 aliphatic rings. The lowest BCUT2D eigenvalue weighted by Gasteiger charge is -2.39. The van der Waals surface area contributed by atoms with E-state index in [4.69, 9.17) is 23.1 Å². The zero-order valence-electron chi connectivity index (χ0n) is 13.5. The van der Waals surface area contributed by atoms with Gasteiger partial charge in [-0.15, -0.1) is 6.42 Å². The van der Waals surface area contributed by atoms with Crippen LogP contribution >= 0.6 is 11.6 Å². The highest BCUT2D eigenvalue weighted by molar-refractivity contribution is 6.30. The van der Waals surface area contributed by atoms with Gasteiger partial charge in [0, 0.05) is 23.6 Å². The smallest absolute Gasteiger partial charge is 0.303 e. The molecule has 0 atom stereocenters. The molecule has 0 bridgehead atoms. The summed E-state index contributed by atoms with van der Waals surface area (Å²) in [6.45, 7) is 4.17. The number of carbonyl (C=O) groups excluding carboxylic acids is 1. The van der Waals surface area contributed by atoms with Crippen molar-refractivity contribution in [2.45, 2.75) is 45.1 Å². The van der Waals surface area contributed by atoms with Crippen LogP contribution in [0.5, 0.6) is 0 Å². The van der Waals surface area contributed by atoms with Crippen LogP contribution in [0, 0.1) is 12.3 Å². The third-order valence-corrected chi connectivity index (χ3v) is 4.32. The first-order chi connectivity index (χ1) is 10.9. The monoisotopic (exact) mass is 335 g/mol. The summed E-state index contributed by atoms with van der Waals surface area (Å²) in [5.74, 6) is 1.66. The standard InChI is InChI=1S/C18H22ClNO3/c1-4-18(5-2,6-3)20(13-7-8-16(21)22)17(23)14-9-11-15(19)12-10-14/h1,9-12H,5-8,13H2,2-3H3,(H,21,22). The lowest BCUT2D eigenvalue weighted by atomic mass is 9.90. The molecule has 0 heterocycles. The summed E-state index contributed by atoms with van der Waals surface area (Å²) in [4.78, 5) is 25.3. The van der Waals surface area contributed by atoms with Crippen LogP contribution in [0.2, 0.25) is 5.02 Å². The van der Waals surface area contributed by atoms with E-state index in [1.165, 1.54) is 0 Å². The molecular weight excluding hydrogens is 314 g/mol. The Morgan fingerprint density at radius 1 is 1.26 bits per heavy atom. The molecule has 0 aliphatic heterocycles. The van der Waals surface area contributed by atoms with Crippen molar-refractivity contribution in [3.63, 3.8) is 0 Å². The summed E-state index contributed by atoms with van der Waals surface area (Å²) >= 11 is 5.86. The minimum Gasteiger partial charge on any atom is -0.481 e. The maximum absolute atomic E-state index is 12.9. The topological polar surface area (TPSA) is 57.6 Å². The van der Waals surface area contributed by atoms with Crippen LogP contribution in [0.25, 0.3) is 0 Å².